The molecule has 2 heteroatoms. The first kappa shape index (κ1) is 10.9. The Labute approximate surface area is 97.2 Å². The molecule has 0 saturated heterocycles. The van der Waals surface area contributed by atoms with E-state index in [4.69, 9.17) is 0 Å². The zero-order valence-corrected chi connectivity index (χ0v) is 9.74. The minimum absolute atomic E-state index is 1.03. The Balaban J connectivity index is 2.10. The Hall–Kier alpha value is -1.57. The molecule has 0 amide bonds. The number of nitrogens with zero attached hydrogens (tertiary/aromatic N) is 1. The number of hydrogen-bond donors (Lipinski definition) is 1. The molecule has 0 heterocycles. The highest BCUT2D eigenvalue weighted by molar-refractivity contribution is 5.83. The number of likely N-dealkylation sites (N-methyl/N-ethyl adjacent to an activating group) is 1. The van der Waals surface area contributed by atoms with E-state index in [0.717, 1.165) is 37.1 Å². The maximum absolute atomic E-state index is 4.58. The number of aliphatic imine (C=N–C) groups is 1. The minimum Gasteiger partial charge on any atom is -0.387 e. The summed E-state index contributed by atoms with van der Waals surface area (Å²) in [5.74, 6) is 0. The van der Waals surface area contributed by atoms with E-state index in [9.17, 15) is 0 Å². The van der Waals surface area contributed by atoms with Crippen LogP contribution < -0.4 is 5.32 Å². The third kappa shape index (κ3) is 2.72. The molecular formula is C14H18N2. The van der Waals surface area contributed by atoms with Crippen molar-refractivity contribution >= 4 is 6.21 Å². The van der Waals surface area contributed by atoms with Gasteiger partial charge in [-0.15, -0.1) is 0 Å². The van der Waals surface area contributed by atoms with Crippen LogP contribution in [0.1, 0.15) is 25.7 Å². The second-order valence-corrected chi connectivity index (χ2v) is 3.99. The molecule has 2 aliphatic rings. The summed E-state index contributed by atoms with van der Waals surface area (Å²) in [6, 6.07) is 0. The van der Waals surface area contributed by atoms with Crippen molar-refractivity contribution < 1.29 is 0 Å². The van der Waals surface area contributed by atoms with Crippen LogP contribution in [0.3, 0.4) is 0 Å². The zero-order chi connectivity index (χ0) is 11.2. The quantitative estimate of drug-likeness (QED) is 0.717. The summed E-state index contributed by atoms with van der Waals surface area (Å²) in [5, 5.41) is 3.18. The van der Waals surface area contributed by atoms with Gasteiger partial charge in [-0.2, -0.15) is 0 Å². The molecule has 2 nitrogen and oxygen atoms in total. The minimum atomic E-state index is 1.03. The molecule has 0 aromatic rings. The van der Waals surface area contributed by atoms with Gasteiger partial charge in [0.15, 0.2) is 0 Å². The largest absolute Gasteiger partial charge is 0.387 e. The van der Waals surface area contributed by atoms with Crippen molar-refractivity contribution in [2.75, 3.05) is 7.05 Å². The van der Waals surface area contributed by atoms with E-state index in [1.165, 1.54) is 5.57 Å². The average molecular weight is 214 g/mol. The highest BCUT2D eigenvalue weighted by atomic mass is 14.9. The molecule has 2 aliphatic carbocycles. The Bertz CT molecular complexity index is 395. The smallest absolute Gasteiger partial charge is 0.0637 e. The first-order valence-electron chi connectivity index (χ1n) is 5.88. The second-order valence-electron chi connectivity index (χ2n) is 3.99. The third-order valence-electron chi connectivity index (χ3n) is 2.81. The van der Waals surface area contributed by atoms with Crippen LogP contribution in [0.2, 0.25) is 0 Å². The lowest BCUT2D eigenvalue weighted by atomic mass is 10.1. The number of allylic oxidation sites excluding steroid dienone is 7. The number of rotatable bonds is 3. The van der Waals surface area contributed by atoms with Gasteiger partial charge in [0.1, 0.15) is 0 Å². The SMILES string of the molecule is CNC1=C(/N=C/C2=CCCC=C2)CCC=C1. The monoisotopic (exact) mass is 214 g/mol. The van der Waals surface area contributed by atoms with Gasteiger partial charge in [-0.1, -0.05) is 24.3 Å². The van der Waals surface area contributed by atoms with Gasteiger partial charge in [-0.25, -0.2) is 0 Å². The summed E-state index contributed by atoms with van der Waals surface area (Å²) in [6.45, 7) is 0. The fourth-order valence-corrected chi connectivity index (χ4v) is 1.90. The molecule has 0 fully saturated rings. The fourth-order valence-electron chi connectivity index (χ4n) is 1.90. The fraction of sp³-hybridized carbons (Fsp3) is 0.357. The summed E-state index contributed by atoms with van der Waals surface area (Å²) in [7, 11) is 1.94. The van der Waals surface area contributed by atoms with E-state index in [-0.39, 0.29) is 0 Å². The lowest BCUT2D eigenvalue weighted by molar-refractivity contribution is 0.870. The lowest BCUT2D eigenvalue weighted by Crippen LogP contribution is -2.08. The van der Waals surface area contributed by atoms with Crippen LogP contribution >= 0.6 is 0 Å². The van der Waals surface area contributed by atoms with Crippen molar-refractivity contribution in [2.24, 2.45) is 4.99 Å². The predicted octanol–water partition coefficient (Wildman–Crippen LogP) is 3.11. The van der Waals surface area contributed by atoms with Gasteiger partial charge in [-0.3, -0.25) is 4.99 Å². The molecule has 0 aromatic heterocycles. The van der Waals surface area contributed by atoms with Crippen LogP contribution in [-0.2, 0) is 0 Å². The summed E-state index contributed by atoms with van der Waals surface area (Å²) >= 11 is 0. The average Bonchev–Trinajstić information content (AvgIpc) is 2.38. The first-order chi connectivity index (χ1) is 7.90. The maximum Gasteiger partial charge on any atom is 0.0637 e. The van der Waals surface area contributed by atoms with E-state index >= 15 is 0 Å². The highest BCUT2D eigenvalue weighted by Crippen LogP contribution is 2.18. The normalized spacial score (nSPS) is 20.4. The Morgan fingerprint density at radius 2 is 2.06 bits per heavy atom. The van der Waals surface area contributed by atoms with E-state index in [0.29, 0.717) is 0 Å². The topological polar surface area (TPSA) is 24.4 Å². The molecule has 1 N–H and O–H groups in total. The van der Waals surface area contributed by atoms with Crippen molar-refractivity contribution in [3.8, 4) is 0 Å². The molecule has 2 rings (SSSR count). The van der Waals surface area contributed by atoms with E-state index in [2.05, 4.69) is 40.7 Å². The van der Waals surface area contributed by atoms with Gasteiger partial charge in [0.05, 0.1) is 11.4 Å². The van der Waals surface area contributed by atoms with E-state index < -0.39 is 0 Å². The summed E-state index contributed by atoms with van der Waals surface area (Å²) < 4.78 is 0. The molecule has 0 radical (unpaired) electrons. The molecule has 0 unspecified atom stereocenters. The van der Waals surface area contributed by atoms with Crippen molar-refractivity contribution in [1.82, 2.24) is 5.32 Å². The van der Waals surface area contributed by atoms with Crippen molar-refractivity contribution in [3.63, 3.8) is 0 Å². The molecule has 0 atom stereocenters. The maximum atomic E-state index is 4.58. The van der Waals surface area contributed by atoms with Gasteiger partial charge < -0.3 is 5.32 Å². The Morgan fingerprint density at radius 1 is 1.19 bits per heavy atom. The van der Waals surface area contributed by atoms with Gasteiger partial charge >= 0.3 is 0 Å². The summed E-state index contributed by atoms with van der Waals surface area (Å²) in [6.07, 6.45) is 17.3. The van der Waals surface area contributed by atoms with E-state index in [1.807, 2.05) is 13.3 Å². The highest BCUT2D eigenvalue weighted by Gasteiger charge is 2.05. The van der Waals surface area contributed by atoms with Gasteiger partial charge in [0.2, 0.25) is 0 Å². The van der Waals surface area contributed by atoms with Crippen LogP contribution in [0.15, 0.2) is 52.3 Å². The van der Waals surface area contributed by atoms with Crippen LogP contribution in [0.25, 0.3) is 0 Å². The zero-order valence-electron chi connectivity index (χ0n) is 9.74. The molecule has 0 bridgehead atoms. The Kier molecular flexibility index (Phi) is 3.76. The first-order valence-corrected chi connectivity index (χ1v) is 5.88. The molecule has 0 saturated carbocycles. The molecule has 0 spiro atoms. The van der Waals surface area contributed by atoms with E-state index in [1.54, 1.807) is 0 Å². The molecule has 16 heavy (non-hydrogen) atoms. The van der Waals surface area contributed by atoms with Gasteiger partial charge in [0.25, 0.3) is 0 Å². The van der Waals surface area contributed by atoms with Crippen LogP contribution in [-0.4, -0.2) is 13.3 Å². The van der Waals surface area contributed by atoms with Crippen molar-refractivity contribution in [3.05, 3.63) is 47.3 Å². The number of nitrogens with one attached hydrogen (secondary N) is 1. The van der Waals surface area contributed by atoms with Crippen LogP contribution in [0.5, 0.6) is 0 Å². The summed E-state index contributed by atoms with van der Waals surface area (Å²) in [5.41, 5.74) is 3.52. The van der Waals surface area contributed by atoms with Gasteiger partial charge in [0, 0.05) is 13.3 Å². The van der Waals surface area contributed by atoms with Crippen molar-refractivity contribution in [1.29, 1.82) is 0 Å². The predicted molar refractivity (Wildman–Crippen MR) is 69.4 cm³/mol. The standard InChI is InChI=1S/C14H18N2/c1-15-13-9-5-6-10-14(13)16-11-12-7-3-2-4-8-12/h3,5,7-9,11,15H,2,4,6,10H2,1H3/b16-11+. The van der Waals surface area contributed by atoms with Crippen LogP contribution in [0, 0.1) is 0 Å². The van der Waals surface area contributed by atoms with Gasteiger partial charge in [-0.05, 0) is 37.3 Å². The summed E-state index contributed by atoms with van der Waals surface area (Å²) in [4.78, 5) is 4.58. The van der Waals surface area contributed by atoms with Crippen molar-refractivity contribution in [2.45, 2.75) is 25.7 Å². The number of hydrogen-bond acceptors (Lipinski definition) is 2. The molecular weight excluding hydrogens is 196 g/mol. The molecule has 0 aromatic carbocycles. The second kappa shape index (κ2) is 5.50. The molecule has 84 valence electrons. The Morgan fingerprint density at radius 3 is 2.81 bits per heavy atom. The lowest BCUT2D eigenvalue weighted by Gasteiger charge is -2.11. The molecule has 0 aliphatic heterocycles. The third-order valence-corrected chi connectivity index (χ3v) is 2.81. The van der Waals surface area contributed by atoms with Crippen LogP contribution in [0.4, 0.5) is 0 Å².